The standard InChI is InChI=1S/C15H20P.C11H12P.2ClH.Hf/c1-11(2)16(12(3)4)15-9-13-7-5-6-8-14(13)10-15;1-12(2)11-7-9-5-3-4-6-10(9)8-11;;;/h5-12H,1-4H3;3-8H,1-2H3;2*1H;/q2*-1;;;+4/p-2. The molecule has 0 aliphatic carbocycles. The second kappa shape index (κ2) is 14.3. The largest absolute Gasteiger partial charge is 4.00 e. The maximum absolute atomic E-state index is 2.39. The van der Waals surface area contributed by atoms with Crippen LogP contribution >= 0.6 is 15.8 Å². The first kappa shape index (κ1) is 31.0. The smallest absolute Gasteiger partial charge is 1.00 e. The molecule has 0 aliphatic heterocycles. The van der Waals surface area contributed by atoms with Crippen LogP contribution in [0.15, 0.2) is 72.8 Å². The molecule has 0 nitrogen and oxygen atoms in total. The van der Waals surface area contributed by atoms with Gasteiger partial charge in [0.2, 0.25) is 0 Å². The summed E-state index contributed by atoms with van der Waals surface area (Å²) in [5, 5.41) is 8.62. The molecule has 0 heterocycles. The molecule has 0 saturated carbocycles. The molecule has 0 radical (unpaired) electrons. The topological polar surface area (TPSA) is 0 Å². The first-order valence-electron chi connectivity index (χ1n) is 10.1. The number of fused-ring (bicyclic) bond motifs is 2. The van der Waals surface area contributed by atoms with Gasteiger partial charge in [-0.15, -0.1) is 88.6 Å². The minimum absolute atomic E-state index is 0. The molecule has 0 fully saturated rings. The molecule has 0 N–H and O–H groups in total. The van der Waals surface area contributed by atoms with Gasteiger partial charge in [0.1, 0.15) is 0 Å². The number of hydrogen-bond donors (Lipinski definition) is 0. The molecule has 0 bridgehead atoms. The van der Waals surface area contributed by atoms with Crippen LogP contribution in [-0.2, 0) is 25.8 Å². The molecular formula is C26H32Cl2HfP2. The fourth-order valence-electron chi connectivity index (χ4n) is 3.87. The Morgan fingerprint density at radius 2 is 1.03 bits per heavy atom. The van der Waals surface area contributed by atoms with Gasteiger partial charge in [0.15, 0.2) is 0 Å². The van der Waals surface area contributed by atoms with Gasteiger partial charge in [0, 0.05) is 0 Å². The molecule has 4 rings (SSSR count). The van der Waals surface area contributed by atoms with E-state index in [0.717, 1.165) is 11.3 Å². The van der Waals surface area contributed by atoms with Crippen molar-refractivity contribution in [1.82, 2.24) is 0 Å². The SMILES string of the molecule is CC(C)P(c1cc2ccccc2[cH-]1)C(C)C.CP(C)c1cc2ccccc2[cH-]1.[Cl-].[Cl-].[Hf+4]. The Morgan fingerprint density at radius 1 is 0.645 bits per heavy atom. The molecule has 4 aromatic rings. The van der Waals surface area contributed by atoms with Crippen molar-refractivity contribution in [3.63, 3.8) is 0 Å². The van der Waals surface area contributed by atoms with Crippen LogP contribution in [0.4, 0.5) is 0 Å². The van der Waals surface area contributed by atoms with Crippen molar-refractivity contribution in [3.8, 4) is 0 Å². The molecule has 4 aromatic carbocycles. The first-order chi connectivity index (χ1) is 13.4. The van der Waals surface area contributed by atoms with Crippen molar-refractivity contribution in [2.45, 2.75) is 39.0 Å². The second-order valence-electron chi connectivity index (χ2n) is 8.17. The molecule has 0 atom stereocenters. The number of hydrogen-bond acceptors (Lipinski definition) is 0. The van der Waals surface area contributed by atoms with Crippen LogP contribution < -0.4 is 35.4 Å². The van der Waals surface area contributed by atoms with Gasteiger partial charge in [-0.1, -0.05) is 47.7 Å². The van der Waals surface area contributed by atoms with E-state index in [9.17, 15) is 0 Å². The summed E-state index contributed by atoms with van der Waals surface area (Å²) in [6, 6.07) is 26.6. The Morgan fingerprint density at radius 3 is 1.42 bits per heavy atom. The summed E-state index contributed by atoms with van der Waals surface area (Å²) in [4.78, 5) is 0. The summed E-state index contributed by atoms with van der Waals surface area (Å²) in [5.74, 6) is 0. The van der Waals surface area contributed by atoms with Gasteiger partial charge >= 0.3 is 25.8 Å². The summed E-state index contributed by atoms with van der Waals surface area (Å²) in [5.41, 5.74) is 1.54. The van der Waals surface area contributed by atoms with Gasteiger partial charge in [-0.05, 0) is 24.6 Å². The third-order valence-corrected chi connectivity index (χ3v) is 9.50. The van der Waals surface area contributed by atoms with E-state index in [1.807, 2.05) is 0 Å². The summed E-state index contributed by atoms with van der Waals surface area (Å²) in [7, 11) is 0.0370. The van der Waals surface area contributed by atoms with E-state index in [1.165, 1.54) is 26.8 Å². The van der Waals surface area contributed by atoms with Crippen molar-refractivity contribution in [3.05, 3.63) is 72.8 Å². The molecule has 0 aliphatic rings. The van der Waals surface area contributed by atoms with E-state index in [2.05, 4.69) is 114 Å². The zero-order valence-electron chi connectivity index (χ0n) is 19.2. The zero-order chi connectivity index (χ0) is 20.3. The monoisotopic (exact) mass is 656 g/mol. The van der Waals surface area contributed by atoms with E-state index >= 15 is 0 Å². The summed E-state index contributed by atoms with van der Waals surface area (Å²) in [6.07, 6.45) is 0. The zero-order valence-corrected chi connectivity index (χ0v) is 26.1. The molecular weight excluding hydrogens is 624 g/mol. The Balaban J connectivity index is 0.000000545. The molecule has 0 amide bonds. The van der Waals surface area contributed by atoms with Crippen LogP contribution in [0.25, 0.3) is 21.5 Å². The third kappa shape index (κ3) is 8.05. The van der Waals surface area contributed by atoms with E-state index in [1.54, 1.807) is 5.30 Å². The fraction of sp³-hybridized carbons (Fsp3) is 0.308. The minimum Gasteiger partial charge on any atom is -1.00 e. The van der Waals surface area contributed by atoms with Gasteiger partial charge in [-0.25, -0.2) is 0 Å². The Hall–Kier alpha value is -0.0299. The predicted molar refractivity (Wildman–Crippen MR) is 134 cm³/mol. The Bertz CT molecular complexity index is 960. The van der Waals surface area contributed by atoms with E-state index in [-0.39, 0.29) is 66.5 Å². The van der Waals surface area contributed by atoms with Crippen LogP contribution in [0.2, 0.25) is 0 Å². The van der Waals surface area contributed by atoms with Gasteiger partial charge in [-0.3, -0.25) is 0 Å². The van der Waals surface area contributed by atoms with Gasteiger partial charge in [-0.2, -0.15) is 12.1 Å². The average Bonchev–Trinajstić information content (AvgIpc) is 3.25. The van der Waals surface area contributed by atoms with Crippen LogP contribution in [-0.4, -0.2) is 24.6 Å². The van der Waals surface area contributed by atoms with Crippen molar-refractivity contribution in [2.75, 3.05) is 13.3 Å². The fourth-order valence-corrected chi connectivity index (χ4v) is 7.62. The number of rotatable bonds is 4. The van der Waals surface area contributed by atoms with Gasteiger partial charge in [0.25, 0.3) is 0 Å². The summed E-state index contributed by atoms with van der Waals surface area (Å²) in [6.45, 7) is 14.0. The Labute approximate surface area is 222 Å². The quantitative estimate of drug-likeness (QED) is 0.177. The molecule has 0 saturated heterocycles. The van der Waals surface area contributed by atoms with E-state index in [0.29, 0.717) is 0 Å². The Kier molecular flexibility index (Phi) is 14.3. The summed E-state index contributed by atoms with van der Waals surface area (Å²) >= 11 is 0. The first-order valence-corrected chi connectivity index (χ1v) is 13.8. The maximum Gasteiger partial charge on any atom is 4.00 e. The average molecular weight is 656 g/mol. The molecule has 0 aromatic heterocycles. The van der Waals surface area contributed by atoms with Crippen LogP contribution in [0.3, 0.4) is 0 Å². The van der Waals surface area contributed by atoms with Gasteiger partial charge in [0.05, 0.1) is 0 Å². The molecule has 164 valence electrons. The van der Waals surface area contributed by atoms with Crippen molar-refractivity contribution in [1.29, 1.82) is 0 Å². The van der Waals surface area contributed by atoms with Crippen LogP contribution in [0, 0.1) is 0 Å². The minimum atomic E-state index is -0.0206. The third-order valence-electron chi connectivity index (χ3n) is 5.13. The molecule has 0 unspecified atom stereocenters. The van der Waals surface area contributed by atoms with Crippen molar-refractivity contribution < 1.29 is 50.7 Å². The van der Waals surface area contributed by atoms with Crippen LogP contribution in [0.1, 0.15) is 27.7 Å². The molecule has 5 heteroatoms. The predicted octanol–water partition coefficient (Wildman–Crippen LogP) is 1.41. The van der Waals surface area contributed by atoms with Crippen LogP contribution in [0.5, 0.6) is 0 Å². The molecule has 31 heavy (non-hydrogen) atoms. The van der Waals surface area contributed by atoms with Crippen molar-refractivity contribution >= 4 is 48.0 Å². The second-order valence-corrected chi connectivity index (χ2v) is 13.9. The molecule has 0 spiro atoms. The normalized spacial score (nSPS) is 10.6. The number of halogens is 2. The van der Waals surface area contributed by atoms with Gasteiger partial charge < -0.3 is 24.8 Å². The van der Waals surface area contributed by atoms with E-state index in [4.69, 9.17) is 0 Å². The summed E-state index contributed by atoms with van der Waals surface area (Å²) < 4.78 is 0. The maximum atomic E-state index is 2.39. The number of benzene rings is 2. The van der Waals surface area contributed by atoms with E-state index < -0.39 is 0 Å². The van der Waals surface area contributed by atoms with Crippen molar-refractivity contribution in [2.24, 2.45) is 0 Å².